The first-order valence-electron chi connectivity index (χ1n) is 9.12. The van der Waals surface area contributed by atoms with Gasteiger partial charge in [-0.25, -0.2) is 0 Å². The summed E-state index contributed by atoms with van der Waals surface area (Å²) in [5.74, 6) is 1.44. The van der Waals surface area contributed by atoms with Gasteiger partial charge in [0.05, 0.1) is 0 Å². The third-order valence-corrected chi connectivity index (χ3v) is 5.38. The second-order valence-corrected chi connectivity index (χ2v) is 7.01. The molecule has 122 valence electrons. The van der Waals surface area contributed by atoms with Crippen LogP contribution in [0.1, 0.15) is 68.3 Å². The summed E-state index contributed by atoms with van der Waals surface area (Å²) in [7, 11) is 0. The van der Waals surface area contributed by atoms with E-state index < -0.39 is 0 Å². The molecular formula is C20H25NO2. The number of benzene rings is 1. The van der Waals surface area contributed by atoms with E-state index >= 15 is 0 Å². The van der Waals surface area contributed by atoms with Crippen molar-refractivity contribution in [3.63, 3.8) is 0 Å². The molecule has 0 saturated heterocycles. The summed E-state index contributed by atoms with van der Waals surface area (Å²) in [4.78, 5) is 4.83. The van der Waals surface area contributed by atoms with E-state index in [0.717, 1.165) is 35.1 Å². The molecule has 1 aromatic carbocycles. The molecule has 1 aromatic heterocycles. The molecule has 0 aliphatic heterocycles. The van der Waals surface area contributed by atoms with Gasteiger partial charge in [0.2, 0.25) is 0 Å². The quantitative estimate of drug-likeness (QED) is 0.615. The Hall–Kier alpha value is -1.77. The van der Waals surface area contributed by atoms with Crippen LogP contribution >= 0.6 is 0 Å². The Morgan fingerprint density at radius 2 is 1.78 bits per heavy atom. The zero-order valence-corrected chi connectivity index (χ0v) is 13.7. The Labute approximate surface area is 137 Å². The fourth-order valence-electron chi connectivity index (χ4n) is 4.09. The van der Waals surface area contributed by atoms with Crippen molar-refractivity contribution >= 4 is 17.2 Å². The third kappa shape index (κ3) is 2.89. The van der Waals surface area contributed by atoms with Crippen LogP contribution in [0.25, 0.3) is 11.0 Å². The van der Waals surface area contributed by atoms with Crippen molar-refractivity contribution in [2.75, 3.05) is 0 Å². The van der Waals surface area contributed by atoms with Crippen molar-refractivity contribution in [3.05, 3.63) is 29.0 Å². The maximum Gasteiger partial charge on any atom is 0.135 e. The summed E-state index contributed by atoms with van der Waals surface area (Å²) in [5.41, 5.74) is 3.06. The third-order valence-electron chi connectivity index (χ3n) is 5.38. The van der Waals surface area contributed by atoms with Crippen molar-refractivity contribution in [2.24, 2.45) is 4.99 Å². The number of rotatable bonds is 2. The van der Waals surface area contributed by atoms with E-state index in [0.29, 0.717) is 11.8 Å². The van der Waals surface area contributed by atoms with Crippen LogP contribution in [0.15, 0.2) is 21.5 Å². The van der Waals surface area contributed by atoms with Gasteiger partial charge in [0.1, 0.15) is 17.1 Å². The van der Waals surface area contributed by atoms with E-state index in [9.17, 15) is 5.11 Å². The van der Waals surface area contributed by atoms with Crippen LogP contribution in [-0.4, -0.2) is 17.4 Å². The SMILES string of the molecule is Oc1ccc2oc3c(c2c1C=NC1CCCCCC1)CCCC3. The number of aryl methyl sites for hydroxylation is 2. The summed E-state index contributed by atoms with van der Waals surface area (Å²) in [6, 6.07) is 4.05. The monoisotopic (exact) mass is 311 g/mol. The molecule has 0 spiro atoms. The van der Waals surface area contributed by atoms with Crippen molar-refractivity contribution in [1.29, 1.82) is 0 Å². The Kier molecular flexibility index (Phi) is 4.11. The molecule has 1 fully saturated rings. The number of nitrogens with zero attached hydrogens (tertiary/aromatic N) is 1. The predicted octanol–water partition coefficient (Wildman–Crippen LogP) is 5.16. The number of phenolic OH excluding ortho intramolecular Hbond substituents is 1. The van der Waals surface area contributed by atoms with Gasteiger partial charge in [-0.3, -0.25) is 4.99 Å². The highest BCUT2D eigenvalue weighted by Crippen LogP contribution is 2.36. The van der Waals surface area contributed by atoms with Gasteiger partial charge in [0.25, 0.3) is 0 Å². The Bertz CT molecular complexity index is 721. The van der Waals surface area contributed by atoms with Gasteiger partial charge in [-0.05, 0) is 44.2 Å². The Balaban J connectivity index is 1.73. The molecule has 3 nitrogen and oxygen atoms in total. The molecule has 23 heavy (non-hydrogen) atoms. The number of aromatic hydroxyl groups is 1. The zero-order valence-electron chi connectivity index (χ0n) is 13.7. The standard InChI is InChI=1S/C20H25NO2/c22-17-11-12-19-20(15-9-5-6-10-18(15)23-19)16(17)13-21-14-7-3-1-2-4-8-14/h11-14,22H,1-10H2. The van der Waals surface area contributed by atoms with E-state index in [2.05, 4.69) is 0 Å². The second kappa shape index (κ2) is 6.38. The number of furan rings is 1. The molecule has 3 heteroatoms. The minimum absolute atomic E-state index is 0.323. The average molecular weight is 311 g/mol. The van der Waals surface area contributed by atoms with Crippen LogP contribution in [0.2, 0.25) is 0 Å². The zero-order chi connectivity index (χ0) is 15.6. The fraction of sp³-hybridized carbons (Fsp3) is 0.550. The van der Waals surface area contributed by atoms with E-state index in [1.54, 1.807) is 6.07 Å². The van der Waals surface area contributed by atoms with Crippen molar-refractivity contribution < 1.29 is 9.52 Å². The molecule has 0 radical (unpaired) electrons. The van der Waals surface area contributed by atoms with Gasteiger partial charge in [-0.2, -0.15) is 0 Å². The van der Waals surface area contributed by atoms with Crippen molar-refractivity contribution in [2.45, 2.75) is 70.3 Å². The average Bonchev–Trinajstić information content (AvgIpc) is 2.75. The maximum absolute atomic E-state index is 10.4. The molecule has 0 atom stereocenters. The van der Waals surface area contributed by atoms with Gasteiger partial charge >= 0.3 is 0 Å². The van der Waals surface area contributed by atoms with Crippen LogP contribution in [0, 0.1) is 0 Å². The van der Waals surface area contributed by atoms with Crippen LogP contribution in [0.5, 0.6) is 5.75 Å². The highest BCUT2D eigenvalue weighted by Gasteiger charge is 2.21. The van der Waals surface area contributed by atoms with Crippen LogP contribution in [0.3, 0.4) is 0 Å². The molecule has 0 amide bonds. The summed E-state index contributed by atoms with van der Waals surface area (Å²) in [6.07, 6.45) is 14.0. The van der Waals surface area contributed by atoms with Gasteiger partial charge in [-0.1, -0.05) is 25.7 Å². The van der Waals surface area contributed by atoms with Gasteiger partial charge < -0.3 is 9.52 Å². The molecule has 2 aromatic rings. The van der Waals surface area contributed by atoms with E-state index in [1.807, 2.05) is 12.3 Å². The molecule has 0 unspecified atom stereocenters. The van der Waals surface area contributed by atoms with E-state index in [-0.39, 0.29) is 0 Å². The van der Waals surface area contributed by atoms with Crippen LogP contribution in [0.4, 0.5) is 0 Å². The van der Waals surface area contributed by atoms with Crippen LogP contribution in [-0.2, 0) is 12.8 Å². The fourth-order valence-corrected chi connectivity index (χ4v) is 4.09. The lowest BCUT2D eigenvalue weighted by Gasteiger charge is -2.11. The lowest BCUT2D eigenvalue weighted by Crippen LogP contribution is -2.03. The lowest BCUT2D eigenvalue weighted by atomic mass is 9.94. The largest absolute Gasteiger partial charge is 0.507 e. The van der Waals surface area contributed by atoms with Crippen LogP contribution < -0.4 is 0 Å². The number of hydrogen-bond donors (Lipinski definition) is 1. The second-order valence-electron chi connectivity index (χ2n) is 7.01. The number of phenols is 1. The molecule has 1 saturated carbocycles. The molecular weight excluding hydrogens is 286 g/mol. The molecule has 4 rings (SSSR count). The molecule has 2 aliphatic rings. The minimum Gasteiger partial charge on any atom is -0.507 e. The summed E-state index contributed by atoms with van der Waals surface area (Å²) >= 11 is 0. The molecule has 2 aliphatic carbocycles. The first kappa shape index (κ1) is 14.8. The Morgan fingerprint density at radius 3 is 2.61 bits per heavy atom. The molecule has 1 N–H and O–H groups in total. The minimum atomic E-state index is 0.323. The number of fused-ring (bicyclic) bond motifs is 3. The Morgan fingerprint density at radius 1 is 1.00 bits per heavy atom. The predicted molar refractivity (Wildman–Crippen MR) is 93.6 cm³/mol. The summed E-state index contributed by atoms with van der Waals surface area (Å²) < 4.78 is 6.03. The van der Waals surface area contributed by atoms with E-state index in [1.165, 1.54) is 56.9 Å². The van der Waals surface area contributed by atoms with Crippen molar-refractivity contribution in [1.82, 2.24) is 0 Å². The van der Waals surface area contributed by atoms with Crippen molar-refractivity contribution in [3.8, 4) is 5.75 Å². The maximum atomic E-state index is 10.4. The number of hydrogen-bond acceptors (Lipinski definition) is 3. The first-order chi connectivity index (χ1) is 11.3. The van der Waals surface area contributed by atoms with Gasteiger partial charge in [0, 0.05) is 35.2 Å². The summed E-state index contributed by atoms with van der Waals surface area (Å²) in [6.45, 7) is 0. The lowest BCUT2D eigenvalue weighted by molar-refractivity contribution is 0.474. The highest BCUT2D eigenvalue weighted by molar-refractivity contribution is 6.03. The number of aliphatic imine (C=N–C) groups is 1. The van der Waals surface area contributed by atoms with Gasteiger partial charge in [0.15, 0.2) is 0 Å². The van der Waals surface area contributed by atoms with E-state index in [4.69, 9.17) is 9.41 Å². The topological polar surface area (TPSA) is 45.7 Å². The molecule has 1 heterocycles. The molecule has 0 bridgehead atoms. The smallest absolute Gasteiger partial charge is 0.135 e. The normalized spacial score (nSPS) is 20.0. The van der Waals surface area contributed by atoms with Gasteiger partial charge in [-0.15, -0.1) is 0 Å². The highest BCUT2D eigenvalue weighted by atomic mass is 16.3. The summed E-state index contributed by atoms with van der Waals surface area (Å²) in [5, 5.41) is 11.5. The first-order valence-corrected chi connectivity index (χ1v) is 9.12.